The SMILES string of the molecule is Cc1cc(F)ccc1-c1cccc(C=NN=C(N)SCc2ccccc2)c1. The fourth-order valence-electron chi connectivity index (χ4n) is 2.65. The van der Waals surface area contributed by atoms with Crippen molar-refractivity contribution in [3.63, 3.8) is 0 Å². The first-order chi connectivity index (χ1) is 13.1. The van der Waals surface area contributed by atoms with Gasteiger partial charge in [0.05, 0.1) is 6.21 Å². The third kappa shape index (κ3) is 5.53. The molecule has 0 aliphatic rings. The second-order valence-electron chi connectivity index (χ2n) is 6.04. The van der Waals surface area contributed by atoms with Gasteiger partial charge in [0.15, 0.2) is 5.17 Å². The molecule has 5 heteroatoms. The predicted octanol–water partition coefficient (Wildman–Crippen LogP) is 5.38. The molecule has 0 fully saturated rings. The lowest BCUT2D eigenvalue weighted by Gasteiger charge is -2.06. The molecule has 0 aromatic heterocycles. The lowest BCUT2D eigenvalue weighted by atomic mass is 9.99. The van der Waals surface area contributed by atoms with Gasteiger partial charge in [-0.25, -0.2) is 4.39 Å². The van der Waals surface area contributed by atoms with Crippen LogP contribution >= 0.6 is 11.8 Å². The molecule has 3 aromatic rings. The molecule has 0 aliphatic carbocycles. The van der Waals surface area contributed by atoms with Crippen molar-refractivity contribution in [1.82, 2.24) is 0 Å². The normalized spacial score (nSPS) is 11.9. The predicted molar refractivity (Wildman–Crippen MR) is 114 cm³/mol. The molecule has 27 heavy (non-hydrogen) atoms. The summed E-state index contributed by atoms with van der Waals surface area (Å²) in [5, 5.41) is 8.54. The molecule has 0 heterocycles. The van der Waals surface area contributed by atoms with E-state index in [1.54, 1.807) is 12.3 Å². The summed E-state index contributed by atoms with van der Waals surface area (Å²) in [5.74, 6) is 0.525. The Kier molecular flexibility index (Phi) is 6.39. The summed E-state index contributed by atoms with van der Waals surface area (Å²) in [6, 6.07) is 22.7. The van der Waals surface area contributed by atoms with Gasteiger partial charge in [0.1, 0.15) is 5.82 Å². The summed E-state index contributed by atoms with van der Waals surface area (Å²) in [6.45, 7) is 1.90. The first-order valence-electron chi connectivity index (χ1n) is 8.51. The lowest BCUT2D eigenvalue weighted by molar-refractivity contribution is 0.627. The second kappa shape index (κ2) is 9.14. The number of thioether (sulfide) groups is 1. The van der Waals surface area contributed by atoms with Crippen molar-refractivity contribution in [2.75, 3.05) is 0 Å². The molecule has 0 atom stereocenters. The van der Waals surface area contributed by atoms with E-state index in [4.69, 9.17) is 5.73 Å². The highest BCUT2D eigenvalue weighted by Crippen LogP contribution is 2.24. The van der Waals surface area contributed by atoms with Gasteiger partial charge in [-0.3, -0.25) is 0 Å². The highest BCUT2D eigenvalue weighted by atomic mass is 32.2. The van der Waals surface area contributed by atoms with Crippen LogP contribution in [0.15, 0.2) is 83.0 Å². The Hall–Kier alpha value is -2.92. The van der Waals surface area contributed by atoms with Gasteiger partial charge in [-0.2, -0.15) is 5.10 Å². The van der Waals surface area contributed by atoms with Crippen LogP contribution in [0.4, 0.5) is 4.39 Å². The zero-order chi connectivity index (χ0) is 19.1. The molecule has 0 aliphatic heterocycles. The molecule has 0 saturated carbocycles. The summed E-state index contributed by atoms with van der Waals surface area (Å²) in [5.41, 5.74) is 10.9. The highest BCUT2D eigenvalue weighted by Gasteiger charge is 2.03. The van der Waals surface area contributed by atoms with E-state index in [0.29, 0.717) is 5.17 Å². The van der Waals surface area contributed by atoms with Gasteiger partial charge in [-0.1, -0.05) is 66.4 Å². The Morgan fingerprint density at radius 1 is 1.04 bits per heavy atom. The number of aryl methyl sites for hydroxylation is 1. The monoisotopic (exact) mass is 377 g/mol. The van der Waals surface area contributed by atoms with Gasteiger partial charge in [-0.15, -0.1) is 5.10 Å². The molecule has 136 valence electrons. The number of nitrogens with zero attached hydrogens (tertiary/aromatic N) is 2. The van der Waals surface area contributed by atoms with Crippen molar-refractivity contribution >= 4 is 23.1 Å². The minimum atomic E-state index is -0.230. The van der Waals surface area contributed by atoms with Crippen LogP contribution in [0.2, 0.25) is 0 Å². The largest absolute Gasteiger partial charge is 0.377 e. The lowest BCUT2D eigenvalue weighted by Crippen LogP contribution is -2.05. The molecule has 0 spiro atoms. The van der Waals surface area contributed by atoms with Crippen LogP contribution < -0.4 is 5.73 Å². The standard InChI is InChI=1S/C22H20FN3S/c1-16-12-20(23)10-11-21(16)19-9-5-8-18(13-19)14-25-26-22(24)27-15-17-6-3-2-4-7-17/h2-14H,15H2,1H3,(H2,24,26). The molecular weight excluding hydrogens is 357 g/mol. The maximum atomic E-state index is 13.3. The first-order valence-corrected chi connectivity index (χ1v) is 9.50. The Morgan fingerprint density at radius 3 is 2.63 bits per heavy atom. The number of hydrogen-bond acceptors (Lipinski definition) is 3. The van der Waals surface area contributed by atoms with Gasteiger partial charge < -0.3 is 5.73 Å². The quantitative estimate of drug-likeness (QED) is 0.368. The minimum Gasteiger partial charge on any atom is -0.377 e. The van der Waals surface area contributed by atoms with Crippen LogP contribution in [0.25, 0.3) is 11.1 Å². The summed E-state index contributed by atoms with van der Waals surface area (Å²) < 4.78 is 13.3. The van der Waals surface area contributed by atoms with E-state index in [2.05, 4.69) is 10.2 Å². The van der Waals surface area contributed by atoms with Crippen LogP contribution in [0, 0.1) is 12.7 Å². The topological polar surface area (TPSA) is 50.7 Å². The molecule has 0 saturated heterocycles. The fraction of sp³-hybridized carbons (Fsp3) is 0.0909. The smallest absolute Gasteiger partial charge is 0.180 e. The Balaban J connectivity index is 1.66. The molecular formula is C22H20FN3S. The van der Waals surface area contributed by atoms with Crippen LogP contribution in [0.3, 0.4) is 0 Å². The van der Waals surface area contributed by atoms with Crippen LogP contribution in [-0.2, 0) is 5.75 Å². The van der Waals surface area contributed by atoms with Gasteiger partial charge >= 0.3 is 0 Å². The van der Waals surface area contributed by atoms with E-state index in [9.17, 15) is 4.39 Å². The number of hydrogen-bond donors (Lipinski definition) is 1. The van der Waals surface area contributed by atoms with Crippen LogP contribution in [-0.4, -0.2) is 11.4 Å². The van der Waals surface area contributed by atoms with E-state index in [-0.39, 0.29) is 5.82 Å². The number of halogens is 1. The number of rotatable bonds is 5. The van der Waals surface area contributed by atoms with E-state index in [1.807, 2.05) is 61.5 Å². The number of amidine groups is 1. The third-order valence-corrected chi connectivity index (χ3v) is 4.83. The summed E-state index contributed by atoms with van der Waals surface area (Å²) in [4.78, 5) is 0. The molecule has 2 N–H and O–H groups in total. The highest BCUT2D eigenvalue weighted by molar-refractivity contribution is 8.13. The van der Waals surface area contributed by atoms with E-state index in [0.717, 1.165) is 28.0 Å². The molecule has 3 nitrogen and oxygen atoms in total. The molecule has 0 unspecified atom stereocenters. The Labute approximate surface area is 162 Å². The molecule has 3 rings (SSSR count). The van der Waals surface area contributed by atoms with Crippen LogP contribution in [0.1, 0.15) is 16.7 Å². The molecule has 0 radical (unpaired) electrons. The van der Waals surface area contributed by atoms with Gasteiger partial charge in [0.25, 0.3) is 0 Å². The van der Waals surface area contributed by atoms with E-state index >= 15 is 0 Å². The Bertz CT molecular complexity index is 968. The summed E-state index contributed by atoms with van der Waals surface area (Å²) in [7, 11) is 0. The van der Waals surface area contributed by atoms with Crippen molar-refractivity contribution < 1.29 is 4.39 Å². The maximum Gasteiger partial charge on any atom is 0.180 e. The number of benzene rings is 3. The summed E-state index contributed by atoms with van der Waals surface area (Å²) in [6.07, 6.45) is 1.66. The maximum absolute atomic E-state index is 13.3. The minimum absolute atomic E-state index is 0.230. The van der Waals surface area contributed by atoms with Gasteiger partial charge in [0, 0.05) is 5.75 Å². The molecule has 0 amide bonds. The third-order valence-electron chi connectivity index (χ3n) is 3.98. The zero-order valence-electron chi connectivity index (χ0n) is 15.0. The van der Waals surface area contributed by atoms with Crippen LogP contribution in [0.5, 0.6) is 0 Å². The first kappa shape index (κ1) is 18.9. The van der Waals surface area contributed by atoms with Gasteiger partial charge in [0.2, 0.25) is 0 Å². The van der Waals surface area contributed by atoms with Crippen molar-refractivity contribution in [2.45, 2.75) is 12.7 Å². The summed E-state index contributed by atoms with van der Waals surface area (Å²) >= 11 is 1.45. The molecule has 3 aromatic carbocycles. The average Bonchev–Trinajstić information content (AvgIpc) is 2.67. The van der Waals surface area contributed by atoms with Crippen molar-refractivity contribution in [3.05, 3.63) is 95.3 Å². The van der Waals surface area contributed by atoms with E-state index < -0.39 is 0 Å². The second-order valence-corrected chi connectivity index (χ2v) is 7.04. The average molecular weight is 377 g/mol. The van der Waals surface area contributed by atoms with Crippen molar-refractivity contribution in [3.8, 4) is 11.1 Å². The fourth-order valence-corrected chi connectivity index (χ4v) is 3.26. The molecule has 0 bridgehead atoms. The van der Waals surface area contributed by atoms with Gasteiger partial charge in [-0.05, 0) is 52.9 Å². The van der Waals surface area contributed by atoms with Crippen molar-refractivity contribution in [2.24, 2.45) is 15.9 Å². The number of nitrogens with two attached hydrogens (primary N) is 1. The van der Waals surface area contributed by atoms with E-state index in [1.165, 1.54) is 29.5 Å². The van der Waals surface area contributed by atoms with Crippen molar-refractivity contribution in [1.29, 1.82) is 0 Å². The zero-order valence-corrected chi connectivity index (χ0v) is 15.8. The Morgan fingerprint density at radius 2 is 1.85 bits per heavy atom.